The van der Waals surface area contributed by atoms with E-state index in [1.54, 1.807) is 5.51 Å². The summed E-state index contributed by atoms with van der Waals surface area (Å²) in [6.45, 7) is 0. The zero-order valence-corrected chi connectivity index (χ0v) is 9.04. The zero-order chi connectivity index (χ0) is 11.5. The summed E-state index contributed by atoms with van der Waals surface area (Å²) in [7, 11) is 0. The number of aromatic nitrogens is 1. The van der Waals surface area contributed by atoms with Gasteiger partial charge in [0.25, 0.3) is 5.91 Å². The van der Waals surface area contributed by atoms with Gasteiger partial charge >= 0.3 is 0 Å². The molecule has 1 aromatic heterocycles. The van der Waals surface area contributed by atoms with E-state index in [0.29, 0.717) is 11.3 Å². The lowest BCUT2D eigenvalue weighted by Crippen LogP contribution is -2.52. The van der Waals surface area contributed by atoms with Gasteiger partial charge in [-0.05, 0) is 6.42 Å². The molecular formula is C9H9N3O3S. The minimum absolute atomic E-state index is 0.249. The van der Waals surface area contributed by atoms with Crippen molar-refractivity contribution in [3.63, 3.8) is 0 Å². The van der Waals surface area contributed by atoms with Gasteiger partial charge in [-0.25, -0.2) is 0 Å². The molecule has 0 spiro atoms. The second-order valence-corrected chi connectivity index (χ2v) is 4.23. The third kappa shape index (κ3) is 2.25. The predicted octanol–water partition coefficient (Wildman–Crippen LogP) is -0.322. The Kier molecular flexibility index (Phi) is 2.95. The zero-order valence-electron chi connectivity index (χ0n) is 8.23. The maximum absolute atomic E-state index is 11.6. The van der Waals surface area contributed by atoms with Crippen molar-refractivity contribution in [2.45, 2.75) is 18.9 Å². The fraction of sp³-hybridized carbons (Fsp3) is 0.333. The lowest BCUT2D eigenvalue weighted by molar-refractivity contribution is -0.134. The Labute approximate surface area is 95.1 Å². The lowest BCUT2D eigenvalue weighted by Gasteiger charge is -2.21. The van der Waals surface area contributed by atoms with Crippen LogP contribution in [-0.4, -0.2) is 28.7 Å². The van der Waals surface area contributed by atoms with Crippen molar-refractivity contribution in [2.24, 2.45) is 0 Å². The molecule has 1 saturated heterocycles. The van der Waals surface area contributed by atoms with Gasteiger partial charge < -0.3 is 5.32 Å². The van der Waals surface area contributed by atoms with E-state index in [-0.39, 0.29) is 18.2 Å². The van der Waals surface area contributed by atoms with E-state index >= 15 is 0 Å². The van der Waals surface area contributed by atoms with Crippen LogP contribution in [0.5, 0.6) is 0 Å². The molecule has 1 aliphatic heterocycles. The van der Waals surface area contributed by atoms with E-state index in [2.05, 4.69) is 15.6 Å². The minimum atomic E-state index is -0.632. The van der Waals surface area contributed by atoms with Crippen molar-refractivity contribution in [3.8, 4) is 0 Å². The van der Waals surface area contributed by atoms with Crippen LogP contribution in [0.4, 0.5) is 0 Å². The quantitative estimate of drug-likeness (QED) is 0.692. The smallest absolute Gasteiger partial charge is 0.263 e. The van der Waals surface area contributed by atoms with Crippen LogP contribution in [0.2, 0.25) is 0 Å². The first-order valence-electron chi connectivity index (χ1n) is 4.70. The number of hydrogen-bond donors (Lipinski definition) is 2. The first-order chi connectivity index (χ1) is 7.66. The molecule has 16 heavy (non-hydrogen) atoms. The number of amides is 3. The first kappa shape index (κ1) is 10.7. The molecule has 3 amide bonds. The van der Waals surface area contributed by atoms with Crippen LogP contribution in [0, 0.1) is 0 Å². The van der Waals surface area contributed by atoms with E-state index in [1.807, 2.05) is 0 Å². The van der Waals surface area contributed by atoms with Crippen molar-refractivity contribution >= 4 is 29.1 Å². The Hall–Kier alpha value is -1.76. The molecule has 0 radical (unpaired) electrons. The number of hydrogen-bond acceptors (Lipinski definition) is 5. The van der Waals surface area contributed by atoms with Crippen molar-refractivity contribution < 1.29 is 14.4 Å². The lowest BCUT2D eigenvalue weighted by atomic mass is 10.1. The summed E-state index contributed by atoms with van der Waals surface area (Å²) in [6.07, 6.45) is 2.03. The molecule has 1 atom stereocenters. The highest BCUT2D eigenvalue weighted by Gasteiger charge is 2.28. The number of thiazole rings is 1. The molecule has 0 bridgehead atoms. The highest BCUT2D eigenvalue weighted by Crippen LogP contribution is 2.08. The summed E-state index contributed by atoms with van der Waals surface area (Å²) in [6, 6.07) is -0.632. The van der Waals surface area contributed by atoms with Gasteiger partial charge in [0.1, 0.15) is 10.9 Å². The summed E-state index contributed by atoms with van der Waals surface area (Å²) in [5.74, 6) is -1.08. The fourth-order valence-electron chi connectivity index (χ4n) is 1.39. The molecule has 0 aromatic carbocycles. The summed E-state index contributed by atoms with van der Waals surface area (Å²) >= 11 is 1.20. The van der Waals surface area contributed by atoms with Gasteiger partial charge in [0.05, 0.1) is 11.7 Å². The number of imide groups is 1. The monoisotopic (exact) mass is 239 g/mol. The normalized spacial score (nSPS) is 20.4. The molecule has 1 aliphatic rings. The van der Waals surface area contributed by atoms with Crippen LogP contribution in [0.3, 0.4) is 0 Å². The maximum Gasteiger partial charge on any atom is 0.263 e. The van der Waals surface area contributed by atoms with Crippen molar-refractivity contribution in [1.29, 1.82) is 0 Å². The van der Waals surface area contributed by atoms with Gasteiger partial charge in [-0.15, -0.1) is 11.3 Å². The van der Waals surface area contributed by atoms with E-state index in [9.17, 15) is 14.4 Å². The Bertz CT molecular complexity index is 429. The van der Waals surface area contributed by atoms with Crippen molar-refractivity contribution in [3.05, 3.63) is 16.6 Å². The second kappa shape index (κ2) is 4.40. The molecule has 1 unspecified atom stereocenters. The van der Waals surface area contributed by atoms with Crippen molar-refractivity contribution in [2.75, 3.05) is 0 Å². The standard InChI is InChI=1S/C9H9N3O3S/c13-7-2-1-5(8(14)12-7)11-9(15)6-3-10-4-16-6/h3-5H,1-2H2,(H,11,15)(H,12,13,14). The van der Waals surface area contributed by atoms with E-state index in [4.69, 9.17) is 0 Å². The average molecular weight is 239 g/mol. The number of carbonyl (C=O) groups excluding carboxylic acids is 3. The Balaban J connectivity index is 1.97. The van der Waals surface area contributed by atoms with E-state index in [0.717, 1.165) is 0 Å². The summed E-state index contributed by atoms with van der Waals surface area (Å²) in [4.78, 5) is 38.0. The number of nitrogens with zero attached hydrogens (tertiary/aromatic N) is 1. The highest BCUT2D eigenvalue weighted by atomic mass is 32.1. The average Bonchev–Trinajstić information content (AvgIpc) is 2.75. The third-order valence-corrected chi connectivity index (χ3v) is 2.97. The van der Waals surface area contributed by atoms with Gasteiger partial charge in [-0.2, -0.15) is 0 Å². The van der Waals surface area contributed by atoms with Crippen LogP contribution in [0.1, 0.15) is 22.5 Å². The molecular weight excluding hydrogens is 230 g/mol. The van der Waals surface area contributed by atoms with Gasteiger partial charge in [0, 0.05) is 6.42 Å². The van der Waals surface area contributed by atoms with Gasteiger partial charge in [-0.1, -0.05) is 0 Å². The maximum atomic E-state index is 11.6. The van der Waals surface area contributed by atoms with Gasteiger partial charge in [0.2, 0.25) is 11.8 Å². The molecule has 2 heterocycles. The summed E-state index contributed by atoms with van der Waals surface area (Å²) in [5, 5.41) is 4.73. The third-order valence-electron chi connectivity index (χ3n) is 2.20. The van der Waals surface area contributed by atoms with Crippen LogP contribution >= 0.6 is 11.3 Å². The molecule has 0 aliphatic carbocycles. The number of piperidine rings is 1. The molecule has 2 N–H and O–H groups in total. The van der Waals surface area contributed by atoms with Crippen LogP contribution < -0.4 is 10.6 Å². The molecule has 6 nitrogen and oxygen atoms in total. The van der Waals surface area contributed by atoms with Crippen LogP contribution in [0.25, 0.3) is 0 Å². The van der Waals surface area contributed by atoms with E-state index in [1.165, 1.54) is 17.5 Å². The second-order valence-electron chi connectivity index (χ2n) is 3.34. The number of nitrogens with one attached hydrogen (secondary N) is 2. The minimum Gasteiger partial charge on any atom is -0.339 e. The molecule has 1 aromatic rings. The van der Waals surface area contributed by atoms with Crippen LogP contribution in [0.15, 0.2) is 11.7 Å². The Morgan fingerprint density at radius 2 is 2.38 bits per heavy atom. The molecule has 1 fully saturated rings. The molecule has 2 rings (SSSR count). The largest absolute Gasteiger partial charge is 0.339 e. The predicted molar refractivity (Wildman–Crippen MR) is 55.8 cm³/mol. The Morgan fingerprint density at radius 3 is 3.00 bits per heavy atom. The molecule has 84 valence electrons. The first-order valence-corrected chi connectivity index (χ1v) is 5.58. The topological polar surface area (TPSA) is 88.2 Å². The summed E-state index contributed by atoms with van der Waals surface area (Å²) in [5.41, 5.74) is 1.54. The Morgan fingerprint density at radius 1 is 1.56 bits per heavy atom. The van der Waals surface area contributed by atoms with Gasteiger partial charge in [0.15, 0.2) is 0 Å². The van der Waals surface area contributed by atoms with Crippen LogP contribution in [-0.2, 0) is 9.59 Å². The number of carbonyl (C=O) groups is 3. The van der Waals surface area contributed by atoms with Gasteiger partial charge in [-0.3, -0.25) is 24.7 Å². The molecule has 7 heteroatoms. The highest BCUT2D eigenvalue weighted by molar-refractivity contribution is 7.11. The van der Waals surface area contributed by atoms with E-state index < -0.39 is 11.9 Å². The molecule has 0 saturated carbocycles. The van der Waals surface area contributed by atoms with Crippen molar-refractivity contribution in [1.82, 2.24) is 15.6 Å². The summed E-state index contributed by atoms with van der Waals surface area (Å²) < 4.78 is 0. The fourth-order valence-corrected chi connectivity index (χ4v) is 1.91. The SMILES string of the molecule is O=C1CCC(NC(=O)c2cncs2)C(=O)N1. The number of rotatable bonds is 2.